The predicted molar refractivity (Wildman–Crippen MR) is 115 cm³/mol. The summed E-state index contributed by atoms with van der Waals surface area (Å²) in [6, 6.07) is 6.93. The largest absolute Gasteiger partial charge is 0.464 e. The van der Waals surface area contributed by atoms with Crippen LogP contribution in [0.15, 0.2) is 24.3 Å². The number of carbonyl (C=O) groups excluding carboxylic acids is 3. The monoisotopic (exact) mass is 424 g/mol. The lowest BCUT2D eigenvalue weighted by Gasteiger charge is -2.33. The number of esters is 2. The first-order valence-corrected chi connectivity index (χ1v) is 11.1. The molecule has 0 radical (unpaired) electrons. The molecule has 2 aromatic rings. The Morgan fingerprint density at radius 1 is 1.06 bits per heavy atom. The van der Waals surface area contributed by atoms with Crippen LogP contribution in [-0.4, -0.2) is 53.5 Å². The number of para-hydroxylation sites is 1. The summed E-state index contributed by atoms with van der Waals surface area (Å²) in [6.07, 6.45) is 5.93. The van der Waals surface area contributed by atoms with Crippen LogP contribution in [0.4, 0.5) is 0 Å². The number of amides is 1. The third-order valence-corrected chi connectivity index (χ3v) is 6.08. The van der Waals surface area contributed by atoms with Crippen molar-refractivity contribution < 1.29 is 23.9 Å². The third-order valence-electron chi connectivity index (χ3n) is 6.08. The Labute approximate surface area is 181 Å². The van der Waals surface area contributed by atoms with Crippen molar-refractivity contribution in [3.05, 3.63) is 41.1 Å². The summed E-state index contributed by atoms with van der Waals surface area (Å²) >= 11 is 0. The second kappa shape index (κ2) is 9.45. The van der Waals surface area contributed by atoms with Crippen LogP contribution < -0.4 is 0 Å². The number of ether oxygens (including phenoxy) is 2. The van der Waals surface area contributed by atoms with Gasteiger partial charge in [0.25, 0.3) is 5.91 Å². The molecule has 2 heterocycles. The summed E-state index contributed by atoms with van der Waals surface area (Å²) in [7, 11) is 0. The fourth-order valence-corrected chi connectivity index (χ4v) is 4.60. The number of hydrogen-bond donors (Lipinski definition) is 0. The molecule has 7 nitrogen and oxygen atoms in total. The lowest BCUT2D eigenvalue weighted by Crippen LogP contribution is -2.50. The molecule has 0 bridgehead atoms. The van der Waals surface area contributed by atoms with Crippen molar-refractivity contribution in [2.75, 3.05) is 19.8 Å². The van der Waals surface area contributed by atoms with Gasteiger partial charge < -0.3 is 14.4 Å². The molecular weight excluding hydrogens is 396 g/mol. The normalized spacial score (nSPS) is 18.4. The predicted octanol–water partition coefficient (Wildman–Crippen LogP) is 3.21. The van der Waals surface area contributed by atoms with Gasteiger partial charge in [0.1, 0.15) is 6.04 Å². The van der Waals surface area contributed by atoms with E-state index in [-0.39, 0.29) is 19.1 Å². The molecule has 164 valence electrons. The number of nitrogens with zero attached hydrogens (tertiary/aromatic N) is 2. The van der Waals surface area contributed by atoms with E-state index in [1.165, 1.54) is 4.90 Å². The number of likely N-dealkylation sites (tertiary alicyclic amines) is 1. The minimum Gasteiger partial charge on any atom is -0.464 e. The van der Waals surface area contributed by atoms with E-state index < -0.39 is 18.0 Å². The first-order chi connectivity index (χ1) is 15.1. The second-order valence-corrected chi connectivity index (χ2v) is 8.06. The van der Waals surface area contributed by atoms with Gasteiger partial charge in [-0.05, 0) is 63.5 Å². The standard InChI is InChI=1S/C24H28N2O5/c1-2-30-23(28)20-13-7-8-14-26(20)21(27)15-31-24(29)22-16-9-3-5-11-18(16)25-19-12-6-4-10-17(19)22/h3,5,9,11,20H,2,4,6-8,10,12-15H2,1H3/t20-/m0/s1. The van der Waals surface area contributed by atoms with E-state index in [9.17, 15) is 14.4 Å². The fourth-order valence-electron chi connectivity index (χ4n) is 4.60. The van der Waals surface area contributed by atoms with Crippen LogP contribution in [0.3, 0.4) is 0 Å². The molecule has 1 fully saturated rings. The fraction of sp³-hybridized carbons (Fsp3) is 0.500. The number of aryl methyl sites for hydroxylation is 1. The zero-order valence-corrected chi connectivity index (χ0v) is 17.9. The highest BCUT2D eigenvalue weighted by Gasteiger charge is 2.34. The van der Waals surface area contributed by atoms with E-state index >= 15 is 0 Å². The maximum absolute atomic E-state index is 13.1. The Hall–Kier alpha value is -2.96. The maximum atomic E-state index is 13.1. The zero-order valence-electron chi connectivity index (χ0n) is 17.9. The lowest BCUT2D eigenvalue weighted by atomic mass is 9.90. The molecule has 1 aliphatic carbocycles. The Morgan fingerprint density at radius 2 is 1.87 bits per heavy atom. The van der Waals surface area contributed by atoms with Gasteiger partial charge in [-0.2, -0.15) is 0 Å². The van der Waals surface area contributed by atoms with Crippen molar-refractivity contribution >= 4 is 28.7 Å². The van der Waals surface area contributed by atoms with Crippen LogP contribution in [0.2, 0.25) is 0 Å². The Balaban J connectivity index is 1.53. The van der Waals surface area contributed by atoms with Crippen LogP contribution in [-0.2, 0) is 31.9 Å². The van der Waals surface area contributed by atoms with Crippen molar-refractivity contribution in [1.29, 1.82) is 0 Å². The highest BCUT2D eigenvalue weighted by Crippen LogP contribution is 2.30. The molecule has 7 heteroatoms. The van der Waals surface area contributed by atoms with E-state index in [2.05, 4.69) is 0 Å². The Kier molecular flexibility index (Phi) is 6.49. The van der Waals surface area contributed by atoms with Gasteiger partial charge in [0.15, 0.2) is 6.61 Å². The summed E-state index contributed by atoms with van der Waals surface area (Å²) in [5.74, 6) is -1.26. The smallest absolute Gasteiger partial charge is 0.339 e. The molecule has 1 aromatic heterocycles. The van der Waals surface area contributed by atoms with Crippen LogP contribution in [0.1, 0.15) is 60.6 Å². The SMILES string of the molecule is CCOC(=O)[C@@H]1CCCCN1C(=O)COC(=O)c1c2c(nc3ccccc13)CCCC2. The number of benzene rings is 1. The molecule has 1 amide bonds. The van der Waals surface area contributed by atoms with Crippen molar-refractivity contribution in [2.45, 2.75) is 57.9 Å². The van der Waals surface area contributed by atoms with Crippen molar-refractivity contribution in [3.63, 3.8) is 0 Å². The molecule has 1 saturated heterocycles. The van der Waals surface area contributed by atoms with E-state index in [1.807, 2.05) is 24.3 Å². The highest BCUT2D eigenvalue weighted by molar-refractivity contribution is 6.05. The summed E-state index contributed by atoms with van der Waals surface area (Å²) in [6.45, 7) is 2.09. The zero-order chi connectivity index (χ0) is 21.8. The summed E-state index contributed by atoms with van der Waals surface area (Å²) in [5, 5.41) is 0.753. The first kappa shape index (κ1) is 21.3. The van der Waals surface area contributed by atoms with Crippen molar-refractivity contribution in [2.24, 2.45) is 0 Å². The van der Waals surface area contributed by atoms with Gasteiger partial charge in [-0.25, -0.2) is 9.59 Å². The van der Waals surface area contributed by atoms with E-state index in [0.717, 1.165) is 60.7 Å². The Morgan fingerprint density at radius 3 is 2.71 bits per heavy atom. The van der Waals surface area contributed by atoms with Gasteiger partial charge >= 0.3 is 11.9 Å². The molecule has 0 spiro atoms. The number of fused-ring (bicyclic) bond motifs is 2. The topological polar surface area (TPSA) is 85.8 Å². The molecule has 4 rings (SSSR count). The minimum absolute atomic E-state index is 0.270. The van der Waals surface area contributed by atoms with Crippen LogP contribution in [0.5, 0.6) is 0 Å². The van der Waals surface area contributed by atoms with Crippen LogP contribution in [0.25, 0.3) is 10.9 Å². The van der Waals surface area contributed by atoms with Crippen molar-refractivity contribution in [3.8, 4) is 0 Å². The second-order valence-electron chi connectivity index (χ2n) is 8.06. The molecule has 0 N–H and O–H groups in total. The number of piperidine rings is 1. The molecule has 0 saturated carbocycles. The quantitative estimate of drug-likeness (QED) is 0.685. The van der Waals surface area contributed by atoms with Crippen molar-refractivity contribution in [1.82, 2.24) is 9.88 Å². The van der Waals surface area contributed by atoms with E-state index in [0.29, 0.717) is 18.5 Å². The van der Waals surface area contributed by atoms with Gasteiger partial charge in [-0.15, -0.1) is 0 Å². The Bertz CT molecular complexity index is 1000. The molecule has 1 atom stereocenters. The number of rotatable bonds is 5. The first-order valence-electron chi connectivity index (χ1n) is 11.1. The van der Waals surface area contributed by atoms with Gasteiger partial charge in [0.05, 0.1) is 17.7 Å². The average molecular weight is 424 g/mol. The van der Waals surface area contributed by atoms with E-state index in [1.54, 1.807) is 6.92 Å². The molecule has 1 aromatic carbocycles. The summed E-state index contributed by atoms with van der Waals surface area (Å²) < 4.78 is 10.6. The van der Waals surface area contributed by atoms with Gasteiger partial charge in [-0.1, -0.05) is 18.2 Å². The lowest BCUT2D eigenvalue weighted by molar-refractivity contribution is -0.157. The van der Waals surface area contributed by atoms with Gasteiger partial charge in [0, 0.05) is 17.6 Å². The molecule has 2 aliphatic rings. The van der Waals surface area contributed by atoms with Gasteiger partial charge in [0.2, 0.25) is 0 Å². The number of carbonyl (C=O) groups is 3. The molecule has 1 aliphatic heterocycles. The summed E-state index contributed by atoms with van der Waals surface area (Å²) in [4.78, 5) is 44.4. The third kappa shape index (κ3) is 4.40. The van der Waals surface area contributed by atoms with Crippen LogP contribution in [0, 0.1) is 0 Å². The van der Waals surface area contributed by atoms with E-state index in [4.69, 9.17) is 14.5 Å². The maximum Gasteiger partial charge on any atom is 0.339 e. The van der Waals surface area contributed by atoms with Crippen LogP contribution >= 0.6 is 0 Å². The average Bonchev–Trinajstić information content (AvgIpc) is 2.80. The number of aromatic nitrogens is 1. The molecule has 0 unspecified atom stereocenters. The number of pyridine rings is 1. The highest BCUT2D eigenvalue weighted by atomic mass is 16.5. The number of hydrogen-bond acceptors (Lipinski definition) is 6. The van der Waals surface area contributed by atoms with Gasteiger partial charge in [-0.3, -0.25) is 9.78 Å². The summed E-state index contributed by atoms with van der Waals surface area (Å²) in [5.41, 5.74) is 3.17. The molecule has 31 heavy (non-hydrogen) atoms. The molecular formula is C24H28N2O5. The minimum atomic E-state index is -0.602.